The highest BCUT2D eigenvalue weighted by Gasteiger charge is 2.24. The molecule has 0 aliphatic heterocycles. The Morgan fingerprint density at radius 1 is 1.32 bits per heavy atom. The van der Waals surface area contributed by atoms with E-state index in [-0.39, 0.29) is 40.4 Å². The van der Waals surface area contributed by atoms with Crippen LogP contribution in [0, 0.1) is 12.7 Å². The van der Waals surface area contributed by atoms with E-state index in [0.717, 1.165) is 0 Å². The molecule has 1 aromatic carbocycles. The molecule has 8 heteroatoms. The molecule has 0 N–H and O–H groups in total. The van der Waals surface area contributed by atoms with Crippen molar-refractivity contribution in [2.75, 3.05) is 6.61 Å². The molecule has 0 saturated heterocycles. The number of benzene rings is 1. The highest BCUT2D eigenvalue weighted by Crippen LogP contribution is 2.29. The summed E-state index contributed by atoms with van der Waals surface area (Å²) in [7, 11) is 0. The lowest BCUT2D eigenvalue weighted by Gasteiger charge is -2.09. The highest BCUT2D eigenvalue weighted by molar-refractivity contribution is 6.35. The summed E-state index contributed by atoms with van der Waals surface area (Å²) in [5.74, 6) is -0.907. The van der Waals surface area contributed by atoms with Crippen molar-refractivity contribution in [1.82, 2.24) is 14.6 Å². The predicted molar refractivity (Wildman–Crippen MR) is 92.9 cm³/mol. The van der Waals surface area contributed by atoms with Gasteiger partial charge in [-0.05, 0) is 25.5 Å². The summed E-state index contributed by atoms with van der Waals surface area (Å²) in [5.41, 5.74) is 1.71. The second kappa shape index (κ2) is 6.98. The van der Waals surface area contributed by atoms with E-state index in [2.05, 4.69) is 10.1 Å². The van der Waals surface area contributed by atoms with Crippen molar-refractivity contribution in [2.45, 2.75) is 20.3 Å². The van der Waals surface area contributed by atoms with Gasteiger partial charge in [0, 0.05) is 12.0 Å². The second-order valence-corrected chi connectivity index (χ2v) is 6.07. The molecule has 0 radical (unpaired) electrons. The Balaban J connectivity index is 2.14. The molecule has 2 heterocycles. The third-order valence-electron chi connectivity index (χ3n) is 3.73. The average Bonchev–Trinajstić information content (AvgIpc) is 2.89. The monoisotopic (exact) mass is 381 g/mol. The number of esters is 1. The molecule has 2 aromatic heterocycles. The molecule has 0 bridgehead atoms. The van der Waals surface area contributed by atoms with Crippen LogP contribution in [-0.2, 0) is 11.2 Å². The number of nitrogens with zero attached hydrogens (tertiary/aromatic N) is 3. The van der Waals surface area contributed by atoms with E-state index in [0.29, 0.717) is 16.8 Å². The first kappa shape index (κ1) is 17.6. The Labute approximate surface area is 153 Å². The van der Waals surface area contributed by atoms with E-state index in [1.165, 1.54) is 10.6 Å². The van der Waals surface area contributed by atoms with Crippen LogP contribution in [0.15, 0.2) is 24.3 Å². The number of fused-ring (bicyclic) bond motifs is 1. The second-order valence-electron chi connectivity index (χ2n) is 5.36. The summed E-state index contributed by atoms with van der Waals surface area (Å²) in [6, 6.07) is 6.33. The van der Waals surface area contributed by atoms with E-state index in [4.69, 9.17) is 27.9 Å². The number of hydrogen-bond donors (Lipinski definition) is 0. The minimum atomic E-state index is -0.545. The summed E-state index contributed by atoms with van der Waals surface area (Å²) in [6.07, 6.45) is 0.154. The lowest BCUT2D eigenvalue weighted by Crippen LogP contribution is -2.07. The Kier molecular flexibility index (Phi) is 4.92. The number of halogens is 3. The number of hydrogen-bond acceptors (Lipinski definition) is 4. The molecule has 0 atom stereocenters. The lowest BCUT2D eigenvalue weighted by molar-refractivity contribution is 0.0527. The first-order valence-electron chi connectivity index (χ1n) is 7.57. The zero-order valence-corrected chi connectivity index (χ0v) is 15.0. The van der Waals surface area contributed by atoms with Crippen molar-refractivity contribution in [3.63, 3.8) is 0 Å². The van der Waals surface area contributed by atoms with E-state index >= 15 is 0 Å². The van der Waals surface area contributed by atoms with Gasteiger partial charge >= 0.3 is 5.97 Å². The van der Waals surface area contributed by atoms with Gasteiger partial charge in [-0.15, -0.1) is 0 Å². The fourth-order valence-corrected chi connectivity index (χ4v) is 3.11. The standard InChI is InChI=1S/C17H14Cl2FN3O2/c1-3-25-17(24)13-9(2)22-23-15(19)11(14(18)21-16(13)23)8-10-6-4-5-7-12(10)20/h4-7H,3,8H2,1-2H3. The molecule has 5 nitrogen and oxygen atoms in total. The Morgan fingerprint density at radius 3 is 2.72 bits per heavy atom. The van der Waals surface area contributed by atoms with Crippen LogP contribution in [0.25, 0.3) is 5.65 Å². The summed E-state index contributed by atoms with van der Waals surface area (Å²) in [6.45, 7) is 3.59. The first-order valence-corrected chi connectivity index (χ1v) is 8.33. The van der Waals surface area contributed by atoms with Crippen molar-refractivity contribution in [3.05, 3.63) is 62.8 Å². The van der Waals surface area contributed by atoms with Gasteiger partial charge in [0.1, 0.15) is 21.7 Å². The van der Waals surface area contributed by atoms with Crippen LogP contribution in [-0.4, -0.2) is 27.2 Å². The van der Waals surface area contributed by atoms with E-state index in [9.17, 15) is 9.18 Å². The summed E-state index contributed by atoms with van der Waals surface area (Å²) < 4.78 is 20.3. The van der Waals surface area contributed by atoms with Crippen molar-refractivity contribution >= 4 is 34.8 Å². The molecule has 0 aliphatic rings. The molecule has 3 aromatic rings. The van der Waals surface area contributed by atoms with E-state index < -0.39 is 5.97 Å². The first-order chi connectivity index (χ1) is 11.9. The third-order valence-corrected chi connectivity index (χ3v) is 4.43. The average molecular weight is 382 g/mol. The van der Waals surface area contributed by atoms with Gasteiger partial charge in [-0.1, -0.05) is 41.4 Å². The van der Waals surface area contributed by atoms with Crippen molar-refractivity contribution in [3.8, 4) is 0 Å². The maximum Gasteiger partial charge on any atom is 0.343 e. The summed E-state index contributed by atoms with van der Waals surface area (Å²) >= 11 is 12.7. The van der Waals surface area contributed by atoms with Gasteiger partial charge in [0.2, 0.25) is 0 Å². The summed E-state index contributed by atoms with van der Waals surface area (Å²) in [4.78, 5) is 16.4. The zero-order chi connectivity index (χ0) is 18.1. The van der Waals surface area contributed by atoms with Crippen molar-refractivity contribution < 1.29 is 13.9 Å². The fourth-order valence-electron chi connectivity index (χ4n) is 2.55. The smallest absolute Gasteiger partial charge is 0.343 e. The van der Waals surface area contributed by atoms with Crippen LogP contribution in [0.1, 0.15) is 34.1 Å². The van der Waals surface area contributed by atoms with Crippen LogP contribution in [0.3, 0.4) is 0 Å². The van der Waals surface area contributed by atoms with Crippen LogP contribution in [0.2, 0.25) is 10.3 Å². The maximum absolute atomic E-state index is 13.9. The van der Waals surface area contributed by atoms with E-state index in [1.807, 2.05) is 0 Å². The van der Waals surface area contributed by atoms with Crippen molar-refractivity contribution in [2.24, 2.45) is 0 Å². The van der Waals surface area contributed by atoms with Gasteiger partial charge in [-0.25, -0.2) is 18.7 Å². The van der Waals surface area contributed by atoms with Gasteiger partial charge in [0.25, 0.3) is 0 Å². The number of carbonyl (C=O) groups is 1. The molecule has 0 spiro atoms. The van der Waals surface area contributed by atoms with Crippen LogP contribution < -0.4 is 0 Å². The minimum absolute atomic E-state index is 0.0891. The fraction of sp³-hybridized carbons (Fsp3) is 0.235. The predicted octanol–water partition coefficient (Wildman–Crippen LogP) is 4.25. The molecule has 0 amide bonds. The van der Waals surface area contributed by atoms with Crippen LogP contribution in [0.5, 0.6) is 0 Å². The topological polar surface area (TPSA) is 56.5 Å². The molecular weight excluding hydrogens is 368 g/mol. The normalized spacial score (nSPS) is 11.1. The summed E-state index contributed by atoms with van der Waals surface area (Å²) in [5, 5.41) is 4.52. The maximum atomic E-state index is 13.9. The number of aryl methyl sites for hydroxylation is 1. The molecule has 0 fully saturated rings. The van der Waals surface area contributed by atoms with Gasteiger partial charge < -0.3 is 4.74 Å². The molecule has 0 saturated carbocycles. The zero-order valence-electron chi connectivity index (χ0n) is 13.5. The molecule has 0 aliphatic carbocycles. The largest absolute Gasteiger partial charge is 0.462 e. The Morgan fingerprint density at radius 2 is 2.04 bits per heavy atom. The molecule has 130 valence electrons. The quantitative estimate of drug-likeness (QED) is 0.500. The van der Waals surface area contributed by atoms with Crippen molar-refractivity contribution in [1.29, 1.82) is 0 Å². The van der Waals surface area contributed by atoms with Gasteiger partial charge in [-0.2, -0.15) is 5.10 Å². The highest BCUT2D eigenvalue weighted by atomic mass is 35.5. The molecule has 0 unspecified atom stereocenters. The Bertz CT molecular complexity index is 972. The van der Waals surface area contributed by atoms with Gasteiger partial charge in [-0.3, -0.25) is 0 Å². The molecular formula is C17H14Cl2FN3O2. The number of carbonyl (C=O) groups excluding carboxylic acids is 1. The number of aromatic nitrogens is 3. The van der Waals surface area contributed by atoms with Gasteiger partial charge in [0.05, 0.1) is 12.3 Å². The Hall–Kier alpha value is -2.18. The number of rotatable bonds is 4. The molecule has 25 heavy (non-hydrogen) atoms. The number of ether oxygens (including phenoxy) is 1. The van der Waals surface area contributed by atoms with Gasteiger partial charge in [0.15, 0.2) is 5.65 Å². The minimum Gasteiger partial charge on any atom is -0.462 e. The SMILES string of the molecule is CCOC(=O)c1c(C)nn2c(Cl)c(Cc3ccccc3F)c(Cl)nc12. The van der Waals surface area contributed by atoms with Crippen LogP contribution >= 0.6 is 23.2 Å². The lowest BCUT2D eigenvalue weighted by atomic mass is 10.1. The molecule has 3 rings (SSSR count). The van der Waals surface area contributed by atoms with E-state index in [1.54, 1.807) is 32.0 Å². The third kappa shape index (κ3) is 3.19. The van der Waals surface area contributed by atoms with Crippen LogP contribution in [0.4, 0.5) is 4.39 Å².